The summed E-state index contributed by atoms with van der Waals surface area (Å²) in [7, 11) is -1.93. The Morgan fingerprint density at radius 2 is 1.75 bits per heavy atom. The van der Waals surface area contributed by atoms with E-state index in [2.05, 4.69) is 21.2 Å². The molecule has 2 aromatic carbocycles. The molecular weight excluding hydrogens is 444 g/mol. The number of nitrogens with zero attached hydrogens (tertiary/aromatic N) is 1. The van der Waals surface area contributed by atoms with Crippen molar-refractivity contribution < 1.29 is 17.9 Å². The molecule has 0 radical (unpaired) electrons. The highest BCUT2D eigenvalue weighted by atomic mass is 79.9. The van der Waals surface area contributed by atoms with Gasteiger partial charge in [0.05, 0.1) is 22.5 Å². The first-order chi connectivity index (χ1) is 13.2. The second kappa shape index (κ2) is 9.54. The number of benzene rings is 2. The van der Waals surface area contributed by atoms with Crippen molar-refractivity contribution in [2.75, 3.05) is 20.2 Å². The second-order valence-electron chi connectivity index (χ2n) is 6.20. The van der Waals surface area contributed by atoms with E-state index >= 15 is 0 Å². The maximum absolute atomic E-state index is 12.6. The van der Waals surface area contributed by atoms with Gasteiger partial charge in [0.2, 0.25) is 10.0 Å². The lowest BCUT2D eigenvalue weighted by atomic mass is 10.1. The minimum atomic E-state index is -3.49. The van der Waals surface area contributed by atoms with Crippen LogP contribution in [0.4, 0.5) is 0 Å². The van der Waals surface area contributed by atoms with Gasteiger partial charge in [0.15, 0.2) is 0 Å². The Bertz CT molecular complexity index is 926. The van der Waals surface area contributed by atoms with Crippen LogP contribution in [0.1, 0.15) is 42.7 Å². The number of amides is 1. The van der Waals surface area contributed by atoms with E-state index in [4.69, 9.17) is 4.74 Å². The molecule has 2 rings (SSSR count). The van der Waals surface area contributed by atoms with Crippen molar-refractivity contribution in [1.82, 2.24) is 9.62 Å². The topological polar surface area (TPSA) is 75.7 Å². The molecule has 152 valence electrons. The second-order valence-corrected chi connectivity index (χ2v) is 9.00. The van der Waals surface area contributed by atoms with Crippen LogP contribution in [0, 0.1) is 0 Å². The number of hydrogen-bond acceptors (Lipinski definition) is 4. The smallest absolute Gasteiger partial charge is 0.251 e. The lowest BCUT2D eigenvalue weighted by molar-refractivity contribution is 0.0939. The average molecular weight is 469 g/mol. The van der Waals surface area contributed by atoms with Crippen molar-refractivity contribution >= 4 is 31.9 Å². The van der Waals surface area contributed by atoms with Gasteiger partial charge >= 0.3 is 0 Å². The summed E-state index contributed by atoms with van der Waals surface area (Å²) in [5.74, 6) is 0.422. The predicted octanol–water partition coefficient (Wildman–Crippen LogP) is 3.98. The molecule has 0 bridgehead atoms. The molecule has 0 saturated carbocycles. The van der Waals surface area contributed by atoms with E-state index in [-0.39, 0.29) is 16.8 Å². The van der Waals surface area contributed by atoms with Crippen LogP contribution in [0.25, 0.3) is 0 Å². The zero-order valence-corrected chi connectivity index (χ0v) is 18.8. The molecule has 0 aliphatic heterocycles. The summed E-state index contributed by atoms with van der Waals surface area (Å²) in [4.78, 5) is 12.7. The molecule has 0 aliphatic rings. The summed E-state index contributed by atoms with van der Waals surface area (Å²) in [5.41, 5.74) is 1.32. The third-order valence-corrected chi connectivity index (χ3v) is 7.17. The van der Waals surface area contributed by atoms with Gasteiger partial charge in [-0.3, -0.25) is 4.79 Å². The van der Waals surface area contributed by atoms with E-state index < -0.39 is 10.0 Å². The Morgan fingerprint density at radius 1 is 1.14 bits per heavy atom. The third kappa shape index (κ3) is 4.92. The fourth-order valence-corrected chi connectivity index (χ4v) is 4.81. The van der Waals surface area contributed by atoms with Crippen LogP contribution in [0.15, 0.2) is 51.8 Å². The Morgan fingerprint density at radius 3 is 2.25 bits per heavy atom. The Balaban J connectivity index is 2.14. The monoisotopic (exact) mass is 468 g/mol. The van der Waals surface area contributed by atoms with E-state index in [0.29, 0.717) is 28.9 Å². The normalized spacial score (nSPS) is 12.6. The van der Waals surface area contributed by atoms with Crippen LogP contribution in [-0.2, 0) is 10.0 Å². The quantitative estimate of drug-likeness (QED) is 0.635. The molecule has 8 heteroatoms. The molecule has 6 nitrogen and oxygen atoms in total. The standard InChI is InChI=1S/C20H25BrN2O4S/c1-5-23(6-2)28(25,26)17-10-7-15(8-11-17)14(3)22-20(24)16-9-12-19(27-4)18(21)13-16/h7-14H,5-6H2,1-4H3,(H,22,24)/t14-/m0/s1. The molecule has 2 aromatic rings. The molecule has 0 unspecified atom stereocenters. The zero-order chi connectivity index (χ0) is 20.9. The van der Waals surface area contributed by atoms with E-state index in [0.717, 1.165) is 5.56 Å². The summed E-state index contributed by atoms with van der Waals surface area (Å²) in [6.07, 6.45) is 0. The molecule has 0 fully saturated rings. The van der Waals surface area contributed by atoms with E-state index in [1.165, 1.54) is 4.31 Å². The van der Waals surface area contributed by atoms with Crippen LogP contribution in [0.2, 0.25) is 0 Å². The van der Waals surface area contributed by atoms with Crippen molar-refractivity contribution in [3.05, 3.63) is 58.1 Å². The number of carbonyl (C=O) groups excluding carboxylic acids is 1. The maximum atomic E-state index is 12.6. The van der Waals surface area contributed by atoms with Gasteiger partial charge in [0, 0.05) is 18.7 Å². The first-order valence-electron chi connectivity index (χ1n) is 8.99. The van der Waals surface area contributed by atoms with Gasteiger partial charge in [-0.05, 0) is 58.7 Å². The largest absolute Gasteiger partial charge is 0.496 e. The lowest BCUT2D eigenvalue weighted by Crippen LogP contribution is -2.30. The Kier molecular flexibility index (Phi) is 7.63. The highest BCUT2D eigenvalue weighted by Crippen LogP contribution is 2.26. The fraction of sp³-hybridized carbons (Fsp3) is 0.350. The first-order valence-corrected chi connectivity index (χ1v) is 11.2. The summed E-state index contributed by atoms with van der Waals surface area (Å²) in [6.45, 7) is 6.31. The third-order valence-electron chi connectivity index (χ3n) is 4.48. The lowest BCUT2D eigenvalue weighted by Gasteiger charge is -2.19. The molecule has 1 amide bonds. The molecule has 0 aliphatic carbocycles. The molecule has 28 heavy (non-hydrogen) atoms. The summed E-state index contributed by atoms with van der Waals surface area (Å²) in [6, 6.07) is 11.4. The Hall–Kier alpha value is -1.90. The van der Waals surface area contributed by atoms with Gasteiger partial charge in [-0.2, -0.15) is 4.31 Å². The number of sulfonamides is 1. The van der Waals surface area contributed by atoms with E-state index in [1.807, 2.05) is 20.8 Å². The van der Waals surface area contributed by atoms with Gasteiger partial charge < -0.3 is 10.1 Å². The highest BCUT2D eigenvalue weighted by molar-refractivity contribution is 9.10. The number of hydrogen-bond donors (Lipinski definition) is 1. The average Bonchev–Trinajstić information content (AvgIpc) is 2.68. The number of methoxy groups -OCH3 is 1. The predicted molar refractivity (Wildman–Crippen MR) is 113 cm³/mol. The van der Waals surface area contributed by atoms with Gasteiger partial charge in [-0.25, -0.2) is 8.42 Å². The highest BCUT2D eigenvalue weighted by Gasteiger charge is 2.22. The van der Waals surface area contributed by atoms with Crippen molar-refractivity contribution in [1.29, 1.82) is 0 Å². The summed E-state index contributed by atoms with van der Waals surface area (Å²) >= 11 is 3.37. The number of carbonyl (C=O) groups is 1. The van der Waals surface area contributed by atoms with Crippen LogP contribution in [0.5, 0.6) is 5.75 Å². The van der Waals surface area contributed by atoms with Crippen LogP contribution in [-0.4, -0.2) is 38.8 Å². The maximum Gasteiger partial charge on any atom is 0.251 e. The SMILES string of the molecule is CCN(CC)S(=O)(=O)c1ccc([C@H](C)NC(=O)c2ccc(OC)c(Br)c2)cc1. The van der Waals surface area contributed by atoms with Gasteiger partial charge in [-0.1, -0.05) is 26.0 Å². The number of ether oxygens (including phenoxy) is 1. The van der Waals surface area contributed by atoms with Crippen molar-refractivity contribution in [2.45, 2.75) is 31.7 Å². The van der Waals surface area contributed by atoms with Crippen LogP contribution >= 0.6 is 15.9 Å². The fourth-order valence-electron chi connectivity index (χ4n) is 2.81. The van der Waals surface area contributed by atoms with Crippen molar-refractivity contribution in [2.24, 2.45) is 0 Å². The molecule has 1 N–H and O–H groups in total. The minimum Gasteiger partial charge on any atom is -0.496 e. The summed E-state index contributed by atoms with van der Waals surface area (Å²) in [5, 5.41) is 2.92. The number of halogens is 1. The molecular formula is C20H25BrN2O4S. The van der Waals surface area contributed by atoms with Gasteiger partial charge in [0.25, 0.3) is 5.91 Å². The van der Waals surface area contributed by atoms with Gasteiger partial charge in [-0.15, -0.1) is 0 Å². The van der Waals surface area contributed by atoms with Crippen molar-refractivity contribution in [3.8, 4) is 5.75 Å². The molecule has 0 aromatic heterocycles. The molecule has 0 saturated heterocycles. The van der Waals surface area contributed by atoms with E-state index in [9.17, 15) is 13.2 Å². The summed E-state index contributed by atoms with van der Waals surface area (Å²) < 4.78 is 32.4. The van der Waals surface area contributed by atoms with Crippen molar-refractivity contribution in [3.63, 3.8) is 0 Å². The van der Waals surface area contributed by atoms with Crippen LogP contribution in [0.3, 0.4) is 0 Å². The number of nitrogens with one attached hydrogen (secondary N) is 1. The zero-order valence-electron chi connectivity index (χ0n) is 16.4. The van der Waals surface area contributed by atoms with Crippen LogP contribution < -0.4 is 10.1 Å². The Labute approximate surface area is 175 Å². The number of rotatable bonds is 8. The van der Waals surface area contributed by atoms with E-state index in [1.54, 1.807) is 49.6 Å². The minimum absolute atomic E-state index is 0.226. The molecule has 0 spiro atoms. The molecule has 1 atom stereocenters. The first kappa shape index (κ1) is 22.4. The van der Waals surface area contributed by atoms with Gasteiger partial charge in [0.1, 0.15) is 5.75 Å². The molecule has 0 heterocycles.